The molecule has 0 bridgehead atoms. The first-order valence-corrected chi connectivity index (χ1v) is 11.4. The molecular weight excluding hydrogens is 542 g/mol. The summed E-state index contributed by atoms with van der Waals surface area (Å²) in [6.45, 7) is 0. The second-order valence-electron chi connectivity index (χ2n) is 6.21. The molecular formula is C19H17Br2N3O3S2. The molecule has 152 valence electrons. The largest absolute Gasteiger partial charge is 0.495 e. The lowest BCUT2D eigenvalue weighted by Crippen LogP contribution is -2.33. The Morgan fingerprint density at radius 2 is 2.07 bits per heavy atom. The standard InChI is InChI=1S/C19H17Br2N3O3S2/c1-27-16-9(7-10(20)8-12(16)21)5-6-14(25)23-19(28)24-18-15(17(22)26)11-3-2-4-13(11)29-18/h5-8H,2-4H2,1H3,(H2,22,26)(H2,23,24,25,28)/b6-5+. The molecule has 10 heteroatoms. The fourth-order valence-corrected chi connectivity index (χ4v) is 6.11. The van der Waals surface area contributed by atoms with E-state index in [1.165, 1.54) is 17.4 Å². The van der Waals surface area contributed by atoms with Crippen molar-refractivity contribution < 1.29 is 14.3 Å². The van der Waals surface area contributed by atoms with Gasteiger partial charge in [0.2, 0.25) is 5.91 Å². The molecule has 0 unspecified atom stereocenters. The number of thiophene rings is 1. The number of thiocarbonyl (C=S) groups is 1. The SMILES string of the molecule is COc1c(Br)cc(Br)cc1/C=C/C(=O)NC(=S)Nc1sc2c(c1C(N)=O)CCC2. The van der Waals surface area contributed by atoms with E-state index in [9.17, 15) is 9.59 Å². The van der Waals surface area contributed by atoms with E-state index in [2.05, 4.69) is 42.5 Å². The van der Waals surface area contributed by atoms with Crippen LogP contribution in [0.3, 0.4) is 0 Å². The Kier molecular flexibility index (Phi) is 7.10. The van der Waals surface area contributed by atoms with E-state index < -0.39 is 11.8 Å². The van der Waals surface area contributed by atoms with Crippen LogP contribution in [0.2, 0.25) is 0 Å². The zero-order valence-corrected chi connectivity index (χ0v) is 20.1. The van der Waals surface area contributed by atoms with Crippen molar-refractivity contribution in [2.24, 2.45) is 5.73 Å². The van der Waals surface area contributed by atoms with E-state index in [0.29, 0.717) is 21.9 Å². The number of fused-ring (bicyclic) bond motifs is 1. The van der Waals surface area contributed by atoms with Crippen LogP contribution in [-0.4, -0.2) is 24.0 Å². The first-order valence-electron chi connectivity index (χ1n) is 8.57. The molecule has 6 nitrogen and oxygen atoms in total. The number of benzene rings is 1. The predicted molar refractivity (Wildman–Crippen MR) is 127 cm³/mol. The summed E-state index contributed by atoms with van der Waals surface area (Å²) in [5.74, 6) is -0.296. The Bertz CT molecular complexity index is 1030. The maximum absolute atomic E-state index is 12.3. The number of rotatable bonds is 5. The average Bonchev–Trinajstić information content (AvgIpc) is 3.19. The van der Waals surface area contributed by atoms with Crippen molar-refractivity contribution in [3.05, 3.63) is 48.7 Å². The van der Waals surface area contributed by atoms with Gasteiger partial charge in [-0.1, -0.05) is 15.9 Å². The van der Waals surface area contributed by atoms with Gasteiger partial charge in [-0.3, -0.25) is 14.9 Å². The van der Waals surface area contributed by atoms with Crippen LogP contribution in [0.25, 0.3) is 6.08 Å². The lowest BCUT2D eigenvalue weighted by molar-refractivity contribution is -0.115. The van der Waals surface area contributed by atoms with Gasteiger partial charge in [-0.15, -0.1) is 11.3 Å². The number of carbonyl (C=O) groups is 2. The van der Waals surface area contributed by atoms with Crippen molar-refractivity contribution in [1.82, 2.24) is 5.32 Å². The number of primary amides is 1. The van der Waals surface area contributed by atoms with Crippen molar-refractivity contribution in [1.29, 1.82) is 0 Å². The second kappa shape index (κ2) is 9.38. The number of aryl methyl sites for hydroxylation is 1. The molecule has 4 N–H and O–H groups in total. The van der Waals surface area contributed by atoms with Gasteiger partial charge in [-0.2, -0.15) is 0 Å². The van der Waals surface area contributed by atoms with Crippen LogP contribution in [0.1, 0.15) is 32.8 Å². The Morgan fingerprint density at radius 3 is 2.76 bits per heavy atom. The smallest absolute Gasteiger partial charge is 0.251 e. The summed E-state index contributed by atoms with van der Waals surface area (Å²) in [5.41, 5.74) is 7.72. The molecule has 0 spiro atoms. The third-order valence-electron chi connectivity index (χ3n) is 4.29. The highest BCUT2D eigenvalue weighted by Gasteiger charge is 2.25. The van der Waals surface area contributed by atoms with Crippen molar-refractivity contribution in [3.8, 4) is 5.75 Å². The van der Waals surface area contributed by atoms with Crippen LogP contribution < -0.4 is 21.1 Å². The average molecular weight is 559 g/mol. The lowest BCUT2D eigenvalue weighted by atomic mass is 10.1. The number of anilines is 1. The van der Waals surface area contributed by atoms with Crippen LogP contribution in [0.4, 0.5) is 5.00 Å². The van der Waals surface area contributed by atoms with Gasteiger partial charge in [-0.05, 0) is 71.2 Å². The van der Waals surface area contributed by atoms with E-state index in [0.717, 1.165) is 38.6 Å². The molecule has 0 saturated carbocycles. The fraction of sp³-hybridized carbons (Fsp3) is 0.211. The molecule has 1 aromatic heterocycles. The van der Waals surface area contributed by atoms with E-state index >= 15 is 0 Å². The number of carbonyl (C=O) groups excluding carboxylic acids is 2. The van der Waals surface area contributed by atoms with Crippen molar-refractivity contribution in [2.45, 2.75) is 19.3 Å². The molecule has 1 aliphatic rings. The number of hydrogen-bond donors (Lipinski definition) is 3. The van der Waals surface area contributed by atoms with E-state index in [1.807, 2.05) is 12.1 Å². The van der Waals surface area contributed by atoms with Gasteiger partial charge in [0.15, 0.2) is 5.11 Å². The monoisotopic (exact) mass is 557 g/mol. The molecule has 2 amide bonds. The summed E-state index contributed by atoms with van der Waals surface area (Å²) in [4.78, 5) is 25.3. The Morgan fingerprint density at radius 1 is 1.31 bits per heavy atom. The maximum Gasteiger partial charge on any atom is 0.251 e. The minimum atomic E-state index is -0.492. The summed E-state index contributed by atoms with van der Waals surface area (Å²) in [5, 5.41) is 6.20. The highest BCUT2D eigenvalue weighted by atomic mass is 79.9. The van der Waals surface area contributed by atoms with Crippen molar-refractivity contribution in [2.75, 3.05) is 12.4 Å². The Balaban J connectivity index is 1.69. The van der Waals surface area contributed by atoms with E-state index in [-0.39, 0.29) is 5.11 Å². The highest BCUT2D eigenvalue weighted by molar-refractivity contribution is 9.11. The lowest BCUT2D eigenvalue weighted by Gasteiger charge is -2.09. The van der Waals surface area contributed by atoms with Crippen LogP contribution in [-0.2, 0) is 17.6 Å². The minimum Gasteiger partial charge on any atom is -0.495 e. The molecule has 29 heavy (non-hydrogen) atoms. The zero-order chi connectivity index (χ0) is 21.1. The van der Waals surface area contributed by atoms with Crippen molar-refractivity contribution in [3.63, 3.8) is 0 Å². The first kappa shape index (κ1) is 21.9. The van der Waals surface area contributed by atoms with Gasteiger partial charge in [0.05, 0.1) is 17.1 Å². The number of amides is 2. The van der Waals surface area contributed by atoms with Gasteiger partial charge in [0.1, 0.15) is 10.8 Å². The number of hydrogen-bond acceptors (Lipinski definition) is 5. The topological polar surface area (TPSA) is 93.4 Å². The van der Waals surface area contributed by atoms with Gasteiger partial charge in [0, 0.05) is 21.0 Å². The molecule has 0 radical (unpaired) electrons. The summed E-state index contributed by atoms with van der Waals surface area (Å²) in [6, 6.07) is 3.68. The molecule has 3 rings (SSSR count). The second-order valence-corrected chi connectivity index (χ2v) is 9.50. The van der Waals surface area contributed by atoms with Gasteiger partial charge in [0.25, 0.3) is 5.91 Å². The molecule has 0 saturated heterocycles. The van der Waals surface area contributed by atoms with E-state index in [4.69, 9.17) is 22.7 Å². The van der Waals surface area contributed by atoms with Gasteiger partial charge in [-0.25, -0.2) is 0 Å². The highest BCUT2D eigenvalue weighted by Crippen LogP contribution is 2.38. The van der Waals surface area contributed by atoms with Gasteiger partial charge >= 0.3 is 0 Å². The minimum absolute atomic E-state index is 0.101. The first-order chi connectivity index (χ1) is 13.8. The predicted octanol–water partition coefficient (Wildman–Crippen LogP) is 4.40. The third kappa shape index (κ3) is 5.06. The van der Waals surface area contributed by atoms with Crippen LogP contribution in [0.15, 0.2) is 27.2 Å². The molecule has 2 aromatic rings. The number of nitrogens with one attached hydrogen (secondary N) is 2. The molecule has 0 fully saturated rings. The quantitative estimate of drug-likeness (QED) is 0.374. The molecule has 0 atom stereocenters. The Hall–Kier alpha value is -1.75. The Labute approximate surface area is 194 Å². The van der Waals surface area contributed by atoms with E-state index in [1.54, 1.807) is 13.2 Å². The van der Waals surface area contributed by atoms with Crippen LogP contribution in [0, 0.1) is 0 Å². The molecule has 1 heterocycles. The molecule has 1 aromatic carbocycles. The van der Waals surface area contributed by atoms with Crippen molar-refractivity contribution >= 4 is 83.4 Å². The number of nitrogens with two attached hydrogens (primary N) is 1. The normalized spacial score (nSPS) is 12.7. The summed E-state index contributed by atoms with van der Waals surface area (Å²) >= 11 is 13.5. The fourth-order valence-electron chi connectivity index (χ4n) is 3.13. The maximum atomic E-state index is 12.3. The number of methoxy groups -OCH3 is 1. The summed E-state index contributed by atoms with van der Waals surface area (Å²) in [7, 11) is 1.55. The van der Waals surface area contributed by atoms with Gasteiger partial charge < -0.3 is 15.8 Å². The number of ether oxygens (including phenoxy) is 1. The summed E-state index contributed by atoms with van der Waals surface area (Å²) < 4.78 is 6.96. The number of halogens is 2. The molecule has 1 aliphatic carbocycles. The van der Waals surface area contributed by atoms with Crippen LogP contribution in [0.5, 0.6) is 5.75 Å². The summed E-state index contributed by atoms with van der Waals surface area (Å²) in [6.07, 6.45) is 5.75. The zero-order valence-electron chi connectivity index (χ0n) is 15.3. The van der Waals surface area contributed by atoms with Crippen LogP contribution >= 0.6 is 55.4 Å². The third-order valence-corrected chi connectivity index (χ3v) is 6.75. The molecule has 0 aliphatic heterocycles.